The van der Waals surface area contributed by atoms with E-state index in [1.807, 2.05) is 33.8 Å². The molecule has 4 rings (SSSR count). The smallest absolute Gasteiger partial charge is 0.375 e. The predicted octanol–water partition coefficient (Wildman–Crippen LogP) is 0.230. The fraction of sp³-hybridized carbons (Fsp3) is 0.783. The molecule has 0 radical (unpaired) electrons. The van der Waals surface area contributed by atoms with Gasteiger partial charge in [-0.1, -0.05) is 13.8 Å². The molecule has 1 saturated carbocycles. The Balaban J connectivity index is 1.50. The normalized spacial score (nSPS) is 31.8. The summed E-state index contributed by atoms with van der Waals surface area (Å²) < 4.78 is 43.6. The van der Waals surface area contributed by atoms with Gasteiger partial charge in [-0.2, -0.15) is 18.4 Å². The number of fused-ring (bicyclic) bond motifs is 1. The van der Waals surface area contributed by atoms with Crippen molar-refractivity contribution in [2.45, 2.75) is 69.9 Å². The molecule has 0 aromatic carbocycles. The summed E-state index contributed by atoms with van der Waals surface area (Å²) in [6, 6.07) is -0.0176. The molecule has 0 bridgehead atoms. The van der Waals surface area contributed by atoms with Crippen LogP contribution in [0.3, 0.4) is 0 Å². The largest absolute Gasteiger partial charge is 0.471 e. The van der Waals surface area contributed by atoms with Crippen molar-refractivity contribution in [2.24, 2.45) is 23.2 Å². The Labute approximate surface area is 206 Å². The van der Waals surface area contributed by atoms with E-state index in [-0.39, 0.29) is 36.1 Å². The van der Waals surface area contributed by atoms with Crippen LogP contribution in [0.1, 0.15) is 40.5 Å². The van der Waals surface area contributed by atoms with Crippen LogP contribution in [0.4, 0.5) is 13.2 Å². The average Bonchev–Trinajstić information content (AvgIpc) is 3.03. The van der Waals surface area contributed by atoms with Crippen molar-refractivity contribution in [1.82, 2.24) is 20.9 Å². The molecule has 1 aliphatic carbocycles. The first kappa shape index (κ1) is 26.2. The molecule has 36 heavy (non-hydrogen) atoms. The Kier molecular flexibility index (Phi) is 6.06. The molecule has 0 aromatic heterocycles. The fourth-order valence-corrected chi connectivity index (χ4v) is 5.99. The van der Waals surface area contributed by atoms with E-state index in [9.17, 15) is 37.6 Å². The lowest BCUT2D eigenvalue weighted by molar-refractivity contribution is -0.187. The summed E-state index contributed by atoms with van der Waals surface area (Å²) >= 11 is 0. The molecular formula is C23H30F3N5O5. The van der Waals surface area contributed by atoms with E-state index in [2.05, 4.69) is 10.6 Å². The first-order chi connectivity index (χ1) is 16.5. The molecule has 0 spiro atoms. The predicted molar refractivity (Wildman–Crippen MR) is 116 cm³/mol. The maximum Gasteiger partial charge on any atom is 0.471 e. The molecule has 198 valence electrons. The van der Waals surface area contributed by atoms with Crippen molar-refractivity contribution in [1.29, 1.82) is 5.26 Å². The second kappa shape index (κ2) is 8.33. The zero-order valence-corrected chi connectivity index (χ0v) is 20.5. The number of nitrogens with one attached hydrogen (secondary N) is 3. The molecule has 5 atom stereocenters. The van der Waals surface area contributed by atoms with Crippen molar-refractivity contribution < 1.29 is 37.1 Å². The third-order valence-corrected chi connectivity index (χ3v) is 8.04. The number of nitrogens with zero attached hydrogens (tertiary/aromatic N) is 2. The van der Waals surface area contributed by atoms with E-state index in [0.717, 1.165) is 0 Å². The fourth-order valence-electron chi connectivity index (χ4n) is 5.99. The number of hydrogen-bond donors (Lipinski definition) is 3. The number of carbonyl (C=O) groups is 4. The Morgan fingerprint density at radius 3 is 2.36 bits per heavy atom. The third kappa shape index (κ3) is 4.40. The summed E-state index contributed by atoms with van der Waals surface area (Å²) in [5.41, 5.74) is -2.62. The number of carbonyl (C=O) groups excluding carboxylic acids is 4. The van der Waals surface area contributed by atoms with Crippen molar-refractivity contribution in [2.75, 3.05) is 19.8 Å². The summed E-state index contributed by atoms with van der Waals surface area (Å²) in [6.07, 6.45) is -4.60. The molecule has 4 aliphatic rings. The number of likely N-dealkylation sites (tertiary alicyclic amines) is 1. The Morgan fingerprint density at radius 2 is 1.89 bits per heavy atom. The van der Waals surface area contributed by atoms with Gasteiger partial charge in [0.25, 0.3) is 5.91 Å². The number of nitriles is 1. The lowest BCUT2D eigenvalue weighted by Gasteiger charge is -2.44. The van der Waals surface area contributed by atoms with Crippen LogP contribution in [0.2, 0.25) is 0 Å². The number of hydrogen-bond acceptors (Lipinski definition) is 6. The van der Waals surface area contributed by atoms with Gasteiger partial charge in [-0.15, -0.1) is 0 Å². The van der Waals surface area contributed by atoms with Crippen LogP contribution in [-0.2, 0) is 23.9 Å². The van der Waals surface area contributed by atoms with Crippen molar-refractivity contribution >= 4 is 23.6 Å². The number of alkyl halides is 3. The molecule has 5 unspecified atom stereocenters. The van der Waals surface area contributed by atoms with Crippen molar-refractivity contribution in [3.05, 3.63) is 0 Å². The van der Waals surface area contributed by atoms with Crippen LogP contribution in [0.5, 0.6) is 0 Å². The summed E-state index contributed by atoms with van der Waals surface area (Å²) in [4.78, 5) is 51.9. The van der Waals surface area contributed by atoms with Gasteiger partial charge in [0.1, 0.15) is 12.1 Å². The van der Waals surface area contributed by atoms with Crippen LogP contribution in [0, 0.1) is 34.5 Å². The highest BCUT2D eigenvalue weighted by Gasteiger charge is 2.71. The first-order valence-corrected chi connectivity index (χ1v) is 11.8. The monoisotopic (exact) mass is 513 g/mol. The summed E-state index contributed by atoms with van der Waals surface area (Å²) in [5.74, 6) is -4.68. The standard InChI is InChI=1S/C23H30F3N5O5/c1-20(2)6-11(16(32)29-20)5-12(7-27)28-17(33)15-14-13(21(14,3)4)8-31(15)19(35)22(9-36-10-22)30-18(34)23(24,25)26/h11-15H,5-6,8-10H2,1-4H3,(H,28,33)(H,29,32)(H,30,34). The van der Waals surface area contributed by atoms with Gasteiger partial charge in [0.15, 0.2) is 5.54 Å². The molecule has 4 amide bonds. The molecule has 13 heteroatoms. The lowest BCUT2D eigenvalue weighted by Crippen LogP contribution is -2.73. The Bertz CT molecular complexity index is 1030. The molecule has 3 N–H and O–H groups in total. The number of rotatable bonds is 6. The highest BCUT2D eigenvalue weighted by Crippen LogP contribution is 2.65. The van der Waals surface area contributed by atoms with Crippen LogP contribution < -0.4 is 16.0 Å². The van der Waals surface area contributed by atoms with E-state index < -0.39 is 66.2 Å². The van der Waals surface area contributed by atoms with Gasteiger partial charge in [-0.25, -0.2) is 0 Å². The van der Waals surface area contributed by atoms with Gasteiger partial charge in [-0.05, 0) is 43.9 Å². The van der Waals surface area contributed by atoms with Crippen LogP contribution >= 0.6 is 0 Å². The Morgan fingerprint density at radius 1 is 1.25 bits per heavy atom. The van der Waals surface area contributed by atoms with Gasteiger partial charge in [-0.3, -0.25) is 19.2 Å². The minimum atomic E-state index is -5.18. The summed E-state index contributed by atoms with van der Waals surface area (Å²) in [7, 11) is 0. The van der Waals surface area contributed by atoms with Gasteiger partial charge < -0.3 is 25.6 Å². The minimum absolute atomic E-state index is 0.0597. The average molecular weight is 514 g/mol. The SMILES string of the molecule is CC1(C)CC(CC(C#N)NC(=O)C2C3C(CN2C(=O)C2(NC(=O)C(F)(F)F)COC2)C3(C)C)C(=O)N1. The first-order valence-electron chi connectivity index (χ1n) is 11.8. The molecule has 3 aliphatic heterocycles. The number of halogens is 3. The molecule has 4 fully saturated rings. The van der Waals surface area contributed by atoms with Gasteiger partial charge in [0.2, 0.25) is 11.8 Å². The van der Waals surface area contributed by atoms with Crippen molar-refractivity contribution in [3.63, 3.8) is 0 Å². The Hall–Kier alpha value is -2.88. The number of piperidine rings is 1. The molecular weight excluding hydrogens is 483 g/mol. The van der Waals surface area contributed by atoms with E-state index in [4.69, 9.17) is 4.74 Å². The quantitative estimate of drug-likeness (QED) is 0.465. The van der Waals surface area contributed by atoms with Gasteiger partial charge >= 0.3 is 12.1 Å². The zero-order chi connectivity index (χ0) is 26.8. The molecule has 3 heterocycles. The molecule has 10 nitrogen and oxygen atoms in total. The second-order valence-corrected chi connectivity index (χ2v) is 11.6. The van der Waals surface area contributed by atoms with E-state index in [1.165, 1.54) is 4.90 Å². The van der Waals surface area contributed by atoms with E-state index in [0.29, 0.717) is 6.42 Å². The third-order valence-electron chi connectivity index (χ3n) is 8.04. The van der Waals surface area contributed by atoms with Gasteiger partial charge in [0.05, 0.1) is 19.3 Å². The second-order valence-electron chi connectivity index (χ2n) is 11.6. The summed E-state index contributed by atoms with van der Waals surface area (Å²) in [5, 5.41) is 16.9. The van der Waals surface area contributed by atoms with Crippen LogP contribution in [0.25, 0.3) is 0 Å². The van der Waals surface area contributed by atoms with Crippen LogP contribution in [0.15, 0.2) is 0 Å². The molecule has 3 saturated heterocycles. The minimum Gasteiger partial charge on any atom is -0.375 e. The molecule has 0 aromatic rings. The number of amides is 4. The lowest BCUT2D eigenvalue weighted by atomic mass is 9.91. The van der Waals surface area contributed by atoms with Crippen molar-refractivity contribution in [3.8, 4) is 6.07 Å². The highest BCUT2D eigenvalue weighted by molar-refractivity contribution is 5.98. The maximum atomic E-state index is 13.4. The topological polar surface area (TPSA) is 141 Å². The van der Waals surface area contributed by atoms with Gasteiger partial charge in [0, 0.05) is 18.0 Å². The number of ether oxygens (including phenoxy) is 1. The van der Waals surface area contributed by atoms with E-state index in [1.54, 1.807) is 5.32 Å². The van der Waals surface area contributed by atoms with Crippen LogP contribution in [-0.4, -0.2) is 77.6 Å². The maximum absolute atomic E-state index is 13.4. The highest BCUT2D eigenvalue weighted by atomic mass is 19.4. The van der Waals surface area contributed by atoms with E-state index >= 15 is 0 Å². The summed E-state index contributed by atoms with van der Waals surface area (Å²) in [6.45, 7) is 6.85. The zero-order valence-electron chi connectivity index (χ0n) is 20.5.